The summed E-state index contributed by atoms with van der Waals surface area (Å²) in [7, 11) is -3.76. The molecule has 1 aromatic rings. The van der Waals surface area contributed by atoms with Crippen molar-refractivity contribution >= 4 is 15.7 Å². The zero-order valence-corrected chi connectivity index (χ0v) is 11.2. The molecule has 1 aromatic carbocycles. The molecule has 1 aliphatic heterocycles. The molecule has 2 rings (SSSR count). The van der Waals surface area contributed by atoms with Crippen molar-refractivity contribution < 1.29 is 28.5 Å². The van der Waals surface area contributed by atoms with Crippen LogP contribution < -0.4 is 10.5 Å². The molecule has 112 valence electrons. The first-order valence-electron chi connectivity index (χ1n) is 5.85. The van der Waals surface area contributed by atoms with Gasteiger partial charge in [0, 0.05) is 5.69 Å². The summed E-state index contributed by atoms with van der Waals surface area (Å²) in [6, 6.07) is 5.51. The van der Waals surface area contributed by atoms with Gasteiger partial charge in [0.2, 0.25) is 10.0 Å². The first kappa shape index (κ1) is 15.2. The molecular formula is C11H16N2O6S. The lowest BCUT2D eigenvalue weighted by Gasteiger charge is -2.17. The summed E-state index contributed by atoms with van der Waals surface area (Å²) in [5.41, 5.74) is 0.479. The molecule has 1 saturated heterocycles. The molecule has 1 fully saturated rings. The van der Waals surface area contributed by atoms with Gasteiger partial charge in [-0.05, 0) is 24.3 Å². The van der Waals surface area contributed by atoms with Crippen LogP contribution in [-0.2, 0) is 14.8 Å². The van der Waals surface area contributed by atoms with Crippen molar-refractivity contribution in [2.45, 2.75) is 29.4 Å². The molecule has 0 spiro atoms. The van der Waals surface area contributed by atoms with E-state index in [2.05, 4.69) is 5.32 Å². The largest absolute Gasteiger partial charge is 0.394 e. The monoisotopic (exact) mass is 304 g/mol. The number of rotatable bonds is 4. The Morgan fingerprint density at radius 1 is 1.20 bits per heavy atom. The van der Waals surface area contributed by atoms with Gasteiger partial charge in [0.05, 0.1) is 11.5 Å². The Balaban J connectivity index is 2.08. The lowest BCUT2D eigenvalue weighted by Crippen LogP contribution is -2.36. The fourth-order valence-electron chi connectivity index (χ4n) is 1.92. The van der Waals surface area contributed by atoms with Crippen molar-refractivity contribution in [3.63, 3.8) is 0 Å². The van der Waals surface area contributed by atoms with E-state index in [0.717, 1.165) is 0 Å². The topological polar surface area (TPSA) is 142 Å². The highest BCUT2D eigenvalue weighted by Gasteiger charge is 2.42. The van der Waals surface area contributed by atoms with Gasteiger partial charge in [0.25, 0.3) is 0 Å². The highest BCUT2D eigenvalue weighted by molar-refractivity contribution is 7.89. The van der Waals surface area contributed by atoms with E-state index in [9.17, 15) is 18.6 Å². The lowest BCUT2D eigenvalue weighted by atomic mass is 10.1. The van der Waals surface area contributed by atoms with Gasteiger partial charge in [-0.25, -0.2) is 13.6 Å². The van der Waals surface area contributed by atoms with E-state index < -0.39 is 41.2 Å². The normalized spacial score (nSPS) is 30.4. The van der Waals surface area contributed by atoms with Gasteiger partial charge in [-0.2, -0.15) is 0 Å². The van der Waals surface area contributed by atoms with Crippen molar-refractivity contribution in [2.24, 2.45) is 5.14 Å². The SMILES string of the molecule is NS(=O)(=O)c1ccc(N[C@@H]2O[C@H](CO)[C@@H](O)[C@H]2O)cc1. The Morgan fingerprint density at radius 2 is 1.80 bits per heavy atom. The van der Waals surface area contributed by atoms with Crippen LogP contribution in [0.3, 0.4) is 0 Å². The van der Waals surface area contributed by atoms with Crippen LogP contribution in [0.2, 0.25) is 0 Å². The maximum atomic E-state index is 11.1. The third-order valence-electron chi connectivity index (χ3n) is 3.03. The number of aliphatic hydroxyl groups excluding tert-OH is 3. The van der Waals surface area contributed by atoms with Crippen LogP contribution in [0.4, 0.5) is 5.69 Å². The first-order chi connectivity index (χ1) is 9.32. The van der Waals surface area contributed by atoms with Gasteiger partial charge in [0.15, 0.2) is 6.23 Å². The summed E-state index contributed by atoms with van der Waals surface area (Å²) in [5, 5.41) is 36.0. The average molecular weight is 304 g/mol. The van der Waals surface area contributed by atoms with Crippen molar-refractivity contribution in [1.29, 1.82) is 0 Å². The second-order valence-corrected chi connectivity index (χ2v) is 6.03. The van der Waals surface area contributed by atoms with Crippen molar-refractivity contribution in [2.75, 3.05) is 11.9 Å². The quantitative estimate of drug-likeness (QED) is 0.441. The lowest BCUT2D eigenvalue weighted by molar-refractivity contribution is -0.0153. The summed E-state index contributed by atoms with van der Waals surface area (Å²) >= 11 is 0. The molecule has 0 bridgehead atoms. The molecule has 0 amide bonds. The molecule has 1 heterocycles. The van der Waals surface area contributed by atoms with E-state index in [0.29, 0.717) is 5.69 Å². The summed E-state index contributed by atoms with van der Waals surface area (Å²) < 4.78 is 27.4. The molecule has 1 aliphatic rings. The first-order valence-corrected chi connectivity index (χ1v) is 7.39. The standard InChI is InChI=1S/C11H16N2O6S/c12-20(17,18)7-3-1-6(2-4-7)13-11-10(16)9(15)8(5-14)19-11/h1-4,8-11,13-16H,5H2,(H2,12,17,18)/t8-,9-,10-,11-/m1/s1. The fourth-order valence-corrected chi connectivity index (χ4v) is 2.44. The number of hydrogen-bond acceptors (Lipinski definition) is 7. The molecule has 0 aromatic heterocycles. The average Bonchev–Trinajstić information content (AvgIpc) is 2.66. The fraction of sp³-hybridized carbons (Fsp3) is 0.455. The van der Waals surface area contributed by atoms with E-state index >= 15 is 0 Å². The number of nitrogens with two attached hydrogens (primary N) is 1. The molecule has 9 heteroatoms. The molecular weight excluding hydrogens is 288 g/mol. The predicted molar refractivity (Wildman–Crippen MR) is 69.2 cm³/mol. The minimum Gasteiger partial charge on any atom is -0.394 e. The molecule has 0 unspecified atom stereocenters. The predicted octanol–water partition coefficient (Wildman–Crippen LogP) is -1.82. The Hall–Kier alpha value is -1.23. The van der Waals surface area contributed by atoms with Crippen LogP contribution in [0, 0.1) is 0 Å². The molecule has 6 N–H and O–H groups in total. The van der Waals surface area contributed by atoms with Gasteiger partial charge < -0.3 is 25.4 Å². The Kier molecular flexibility index (Phi) is 4.28. The number of nitrogens with one attached hydrogen (secondary N) is 1. The molecule has 20 heavy (non-hydrogen) atoms. The van der Waals surface area contributed by atoms with Crippen LogP contribution in [0.5, 0.6) is 0 Å². The van der Waals surface area contributed by atoms with Crippen LogP contribution >= 0.6 is 0 Å². The molecule has 0 saturated carbocycles. The second kappa shape index (κ2) is 5.64. The van der Waals surface area contributed by atoms with Crippen LogP contribution in [0.15, 0.2) is 29.2 Å². The van der Waals surface area contributed by atoms with Crippen LogP contribution in [0.1, 0.15) is 0 Å². The summed E-state index contributed by atoms with van der Waals surface area (Å²) in [6.07, 6.45) is -4.17. The summed E-state index contributed by atoms with van der Waals surface area (Å²) in [6.45, 7) is -0.416. The van der Waals surface area contributed by atoms with Crippen molar-refractivity contribution in [3.05, 3.63) is 24.3 Å². The van der Waals surface area contributed by atoms with Gasteiger partial charge in [-0.3, -0.25) is 0 Å². The summed E-state index contributed by atoms with van der Waals surface area (Å²) in [4.78, 5) is -0.0378. The number of benzene rings is 1. The maximum absolute atomic E-state index is 11.1. The smallest absolute Gasteiger partial charge is 0.238 e. The van der Waals surface area contributed by atoms with E-state index in [4.69, 9.17) is 15.0 Å². The molecule has 4 atom stereocenters. The van der Waals surface area contributed by atoms with Crippen molar-refractivity contribution in [1.82, 2.24) is 0 Å². The van der Waals surface area contributed by atoms with Crippen LogP contribution in [-0.4, -0.2) is 54.9 Å². The highest BCUT2D eigenvalue weighted by atomic mass is 32.2. The Bertz CT molecular complexity index is 561. The summed E-state index contributed by atoms with van der Waals surface area (Å²) in [5.74, 6) is 0. The van der Waals surface area contributed by atoms with E-state index in [1.807, 2.05) is 0 Å². The Labute approximate surface area is 115 Å². The number of anilines is 1. The van der Waals surface area contributed by atoms with Gasteiger partial charge in [0.1, 0.15) is 18.3 Å². The number of aliphatic hydroxyl groups is 3. The Morgan fingerprint density at radius 3 is 2.25 bits per heavy atom. The minimum absolute atomic E-state index is 0.0378. The minimum atomic E-state index is -3.76. The van der Waals surface area contributed by atoms with Gasteiger partial charge in [-0.15, -0.1) is 0 Å². The number of hydrogen-bond donors (Lipinski definition) is 5. The van der Waals surface area contributed by atoms with Gasteiger partial charge in [-0.1, -0.05) is 0 Å². The molecule has 0 aliphatic carbocycles. The maximum Gasteiger partial charge on any atom is 0.238 e. The van der Waals surface area contributed by atoms with Crippen molar-refractivity contribution in [3.8, 4) is 0 Å². The van der Waals surface area contributed by atoms with E-state index in [-0.39, 0.29) is 4.90 Å². The van der Waals surface area contributed by atoms with E-state index in [1.54, 1.807) is 0 Å². The van der Waals surface area contributed by atoms with Crippen LogP contribution in [0.25, 0.3) is 0 Å². The number of sulfonamides is 1. The van der Waals surface area contributed by atoms with E-state index in [1.165, 1.54) is 24.3 Å². The molecule has 0 radical (unpaired) electrons. The molecule has 8 nitrogen and oxygen atoms in total. The second-order valence-electron chi connectivity index (χ2n) is 4.47. The number of ether oxygens (including phenoxy) is 1. The van der Waals surface area contributed by atoms with Gasteiger partial charge >= 0.3 is 0 Å². The highest BCUT2D eigenvalue weighted by Crippen LogP contribution is 2.23. The zero-order chi connectivity index (χ0) is 14.9. The zero-order valence-electron chi connectivity index (χ0n) is 10.4. The third-order valence-corrected chi connectivity index (χ3v) is 3.96. The number of primary sulfonamides is 1. The third kappa shape index (κ3) is 3.08.